The number of hydrogen-bond donors (Lipinski definition) is 2. The lowest BCUT2D eigenvalue weighted by molar-refractivity contribution is 1.16. The maximum Gasteiger partial charge on any atom is 0.150 e. The van der Waals surface area contributed by atoms with Gasteiger partial charge in [-0.15, -0.1) is 0 Å². The Morgan fingerprint density at radius 1 is 1.24 bits per heavy atom. The van der Waals surface area contributed by atoms with Gasteiger partial charge in [0.1, 0.15) is 22.4 Å². The molecule has 0 radical (unpaired) electrons. The predicted molar refractivity (Wildman–Crippen MR) is 76.3 cm³/mol. The van der Waals surface area contributed by atoms with Crippen LogP contribution in [0.1, 0.15) is 5.56 Å². The van der Waals surface area contributed by atoms with Crippen molar-refractivity contribution in [3.05, 3.63) is 39.0 Å². The lowest BCUT2D eigenvalue weighted by atomic mass is 10.2. The van der Waals surface area contributed by atoms with Crippen LogP contribution in [0.2, 0.25) is 0 Å². The van der Waals surface area contributed by atoms with Gasteiger partial charge in [0.05, 0.1) is 5.69 Å². The summed E-state index contributed by atoms with van der Waals surface area (Å²) in [6.45, 7) is 2.03. The Bertz CT molecular complexity index is 557. The monoisotopic (exact) mass is 356 g/mol. The van der Waals surface area contributed by atoms with E-state index in [1.54, 1.807) is 0 Å². The molecule has 0 saturated carbocycles. The second-order valence-electron chi connectivity index (χ2n) is 3.53. The molecule has 0 aliphatic carbocycles. The van der Waals surface area contributed by atoms with Crippen LogP contribution in [0.15, 0.2) is 33.5 Å². The van der Waals surface area contributed by atoms with E-state index in [9.17, 15) is 0 Å². The van der Waals surface area contributed by atoms with Crippen molar-refractivity contribution in [3.8, 4) is 0 Å². The molecule has 1 heterocycles. The number of aryl methyl sites for hydroxylation is 1. The second-order valence-corrected chi connectivity index (χ2v) is 5.18. The van der Waals surface area contributed by atoms with Crippen LogP contribution in [0, 0.1) is 6.92 Å². The zero-order chi connectivity index (χ0) is 12.4. The van der Waals surface area contributed by atoms with Crippen molar-refractivity contribution < 1.29 is 0 Å². The Hall–Kier alpha value is -1.14. The van der Waals surface area contributed by atoms with Gasteiger partial charge in [0, 0.05) is 4.47 Å². The molecule has 2 rings (SSSR count). The molecule has 4 nitrogen and oxygen atoms in total. The molecule has 0 atom stereocenters. The summed E-state index contributed by atoms with van der Waals surface area (Å²) in [4.78, 5) is 8.02. The van der Waals surface area contributed by atoms with E-state index in [1.807, 2.05) is 25.1 Å². The summed E-state index contributed by atoms with van der Waals surface area (Å²) < 4.78 is 1.63. The van der Waals surface area contributed by atoms with Crippen molar-refractivity contribution in [2.45, 2.75) is 6.92 Å². The molecule has 0 saturated heterocycles. The molecule has 0 aliphatic rings. The van der Waals surface area contributed by atoms with Crippen LogP contribution >= 0.6 is 31.9 Å². The molecule has 1 aromatic carbocycles. The Kier molecular flexibility index (Phi) is 3.63. The van der Waals surface area contributed by atoms with Crippen LogP contribution in [-0.2, 0) is 0 Å². The number of nitrogens with one attached hydrogen (secondary N) is 1. The van der Waals surface area contributed by atoms with E-state index in [-0.39, 0.29) is 0 Å². The summed E-state index contributed by atoms with van der Waals surface area (Å²) in [6, 6.07) is 6.03. The maximum absolute atomic E-state index is 5.69. The fourth-order valence-electron chi connectivity index (χ4n) is 1.33. The number of nitrogens with zero attached hydrogens (tertiary/aromatic N) is 2. The third-order valence-corrected chi connectivity index (χ3v) is 3.66. The normalized spacial score (nSPS) is 10.3. The van der Waals surface area contributed by atoms with E-state index >= 15 is 0 Å². The average Bonchev–Trinajstić information content (AvgIpc) is 2.30. The number of rotatable bonds is 2. The first kappa shape index (κ1) is 12.3. The second kappa shape index (κ2) is 5.01. The molecule has 17 heavy (non-hydrogen) atoms. The van der Waals surface area contributed by atoms with Gasteiger partial charge in [-0.05, 0) is 56.5 Å². The molecule has 1 aromatic heterocycles. The van der Waals surface area contributed by atoms with Gasteiger partial charge in [0.15, 0.2) is 0 Å². The first-order chi connectivity index (χ1) is 8.08. The first-order valence-electron chi connectivity index (χ1n) is 4.87. The third-order valence-electron chi connectivity index (χ3n) is 2.19. The fourth-order valence-corrected chi connectivity index (χ4v) is 1.98. The predicted octanol–water partition coefficient (Wildman–Crippen LogP) is 3.64. The van der Waals surface area contributed by atoms with E-state index in [0.29, 0.717) is 16.1 Å². The minimum Gasteiger partial charge on any atom is -0.383 e. The SMILES string of the molecule is Cc1ccc(Br)c(Nc2ncnc(N)c2Br)c1. The first-order valence-corrected chi connectivity index (χ1v) is 6.45. The lowest BCUT2D eigenvalue weighted by Gasteiger charge is -2.10. The number of nitrogen functional groups attached to an aromatic ring is 1. The number of nitrogens with two attached hydrogens (primary N) is 1. The molecule has 0 spiro atoms. The smallest absolute Gasteiger partial charge is 0.150 e. The zero-order valence-corrected chi connectivity index (χ0v) is 12.2. The van der Waals surface area contributed by atoms with E-state index < -0.39 is 0 Å². The highest BCUT2D eigenvalue weighted by Gasteiger charge is 2.08. The van der Waals surface area contributed by atoms with Crippen molar-refractivity contribution in [1.29, 1.82) is 0 Å². The van der Waals surface area contributed by atoms with E-state index in [1.165, 1.54) is 6.33 Å². The fraction of sp³-hybridized carbons (Fsp3) is 0.0909. The molecular weight excluding hydrogens is 348 g/mol. The topological polar surface area (TPSA) is 63.8 Å². The van der Waals surface area contributed by atoms with E-state index in [2.05, 4.69) is 47.1 Å². The van der Waals surface area contributed by atoms with Gasteiger partial charge in [0.25, 0.3) is 0 Å². The van der Waals surface area contributed by atoms with Crippen molar-refractivity contribution in [2.24, 2.45) is 0 Å². The van der Waals surface area contributed by atoms with Crippen LogP contribution in [0.3, 0.4) is 0 Å². The van der Waals surface area contributed by atoms with Crippen molar-refractivity contribution >= 4 is 49.2 Å². The van der Waals surface area contributed by atoms with Gasteiger partial charge in [0.2, 0.25) is 0 Å². The van der Waals surface area contributed by atoms with Gasteiger partial charge >= 0.3 is 0 Å². The van der Waals surface area contributed by atoms with Crippen LogP contribution in [0.5, 0.6) is 0 Å². The largest absolute Gasteiger partial charge is 0.383 e. The van der Waals surface area contributed by atoms with Crippen molar-refractivity contribution in [1.82, 2.24) is 9.97 Å². The summed E-state index contributed by atoms with van der Waals surface area (Å²) in [5.74, 6) is 1.05. The summed E-state index contributed by atoms with van der Waals surface area (Å²) >= 11 is 6.83. The highest BCUT2D eigenvalue weighted by atomic mass is 79.9. The maximum atomic E-state index is 5.69. The number of aromatic nitrogens is 2. The number of hydrogen-bond acceptors (Lipinski definition) is 4. The molecule has 0 bridgehead atoms. The molecule has 6 heteroatoms. The Labute approximate surface area is 116 Å². The molecule has 88 valence electrons. The molecule has 3 N–H and O–H groups in total. The van der Waals surface area contributed by atoms with Gasteiger partial charge in [-0.25, -0.2) is 9.97 Å². The molecule has 2 aromatic rings. The number of anilines is 3. The molecule has 0 fully saturated rings. The zero-order valence-electron chi connectivity index (χ0n) is 9.04. The van der Waals surface area contributed by atoms with Gasteiger partial charge in [-0.1, -0.05) is 6.07 Å². The van der Waals surface area contributed by atoms with Gasteiger partial charge < -0.3 is 11.1 Å². The third kappa shape index (κ3) is 2.76. The summed E-state index contributed by atoms with van der Waals surface area (Å²) in [6.07, 6.45) is 1.42. The minimum absolute atomic E-state index is 0.409. The standard InChI is InChI=1S/C11H10Br2N4/c1-6-2-3-7(12)8(4-6)17-11-9(13)10(14)15-5-16-11/h2-5H,1H3,(H3,14,15,16,17). The van der Waals surface area contributed by atoms with Crippen LogP contribution in [0.4, 0.5) is 17.3 Å². The van der Waals surface area contributed by atoms with Gasteiger partial charge in [-0.3, -0.25) is 0 Å². The van der Waals surface area contributed by atoms with Crippen LogP contribution in [-0.4, -0.2) is 9.97 Å². The molecule has 0 unspecified atom stereocenters. The summed E-state index contributed by atoms with van der Waals surface area (Å²) in [7, 11) is 0. The highest BCUT2D eigenvalue weighted by molar-refractivity contribution is 9.11. The Balaban J connectivity index is 2.38. The molecular formula is C11H10Br2N4. The summed E-state index contributed by atoms with van der Waals surface area (Å²) in [5.41, 5.74) is 7.79. The van der Waals surface area contributed by atoms with Gasteiger partial charge in [-0.2, -0.15) is 0 Å². The molecule has 0 aliphatic heterocycles. The molecule has 0 amide bonds. The Morgan fingerprint density at radius 2 is 2.00 bits per heavy atom. The van der Waals surface area contributed by atoms with Crippen LogP contribution < -0.4 is 11.1 Å². The Morgan fingerprint density at radius 3 is 2.76 bits per heavy atom. The highest BCUT2D eigenvalue weighted by Crippen LogP contribution is 2.31. The van der Waals surface area contributed by atoms with Crippen molar-refractivity contribution in [3.63, 3.8) is 0 Å². The van der Waals surface area contributed by atoms with E-state index in [0.717, 1.165) is 15.7 Å². The lowest BCUT2D eigenvalue weighted by Crippen LogP contribution is -2.00. The number of halogens is 2. The van der Waals surface area contributed by atoms with Crippen LogP contribution in [0.25, 0.3) is 0 Å². The summed E-state index contributed by atoms with van der Waals surface area (Å²) in [5, 5.41) is 3.20. The van der Waals surface area contributed by atoms with Crippen molar-refractivity contribution in [2.75, 3.05) is 11.1 Å². The average molecular weight is 358 g/mol. The number of benzene rings is 1. The quantitative estimate of drug-likeness (QED) is 0.861. The minimum atomic E-state index is 0.409. The van der Waals surface area contributed by atoms with E-state index in [4.69, 9.17) is 5.73 Å².